The molecule has 4 nitrogen and oxygen atoms in total. The Hall–Kier alpha value is -2.33. The van der Waals surface area contributed by atoms with E-state index in [1.807, 2.05) is 0 Å². The van der Waals surface area contributed by atoms with Crippen molar-refractivity contribution in [3.05, 3.63) is 35.9 Å². The molecular weight excluding hydrogens is 375 g/mol. The molecule has 0 aliphatic heterocycles. The molecule has 2 unspecified atom stereocenters. The lowest BCUT2D eigenvalue weighted by atomic mass is 9.89. The van der Waals surface area contributed by atoms with Gasteiger partial charge in [-0.05, 0) is 12.1 Å². The van der Waals surface area contributed by atoms with Crippen molar-refractivity contribution in [2.24, 2.45) is 5.92 Å². The van der Waals surface area contributed by atoms with Gasteiger partial charge in [0.2, 0.25) is 0 Å². The van der Waals surface area contributed by atoms with Crippen molar-refractivity contribution < 1.29 is 45.1 Å². The predicted octanol–water partition coefficient (Wildman–Crippen LogP) is 3.43. The van der Waals surface area contributed by atoms with Gasteiger partial charge in [-0.15, -0.1) is 0 Å². The quantitative estimate of drug-likeness (QED) is 0.599. The summed E-state index contributed by atoms with van der Waals surface area (Å²) >= 11 is 0. The van der Waals surface area contributed by atoms with E-state index < -0.39 is 41.9 Å². The first kappa shape index (κ1) is 21.7. The normalized spacial score (nSPS) is 15.1. The van der Waals surface area contributed by atoms with Gasteiger partial charge in [-0.1, -0.05) is 25.1 Å². The van der Waals surface area contributed by atoms with Gasteiger partial charge in [0, 0.05) is 5.56 Å². The zero-order valence-corrected chi connectivity index (χ0v) is 13.4. The van der Waals surface area contributed by atoms with Crippen LogP contribution in [0.1, 0.15) is 17.3 Å². The second-order valence-corrected chi connectivity index (χ2v) is 5.32. The van der Waals surface area contributed by atoms with Crippen molar-refractivity contribution in [2.75, 3.05) is 7.11 Å². The van der Waals surface area contributed by atoms with Crippen LogP contribution in [0.5, 0.6) is 0 Å². The second kappa shape index (κ2) is 7.50. The first-order valence-corrected chi connectivity index (χ1v) is 7.03. The van der Waals surface area contributed by atoms with Gasteiger partial charge >= 0.3 is 24.0 Å². The smallest absolute Gasteiger partial charge is 0.459 e. The first-order valence-electron chi connectivity index (χ1n) is 7.03. The largest absolute Gasteiger partial charge is 0.467 e. The van der Waals surface area contributed by atoms with E-state index >= 15 is 0 Å². The highest BCUT2D eigenvalue weighted by molar-refractivity contribution is 5.96. The monoisotopic (exact) mass is 389 g/mol. The number of methoxy groups -OCH3 is 1. The molecule has 1 aromatic carbocycles. The number of nitrogens with one attached hydrogen (secondary N) is 1. The van der Waals surface area contributed by atoms with Gasteiger partial charge in [0.1, 0.15) is 6.04 Å². The molecule has 0 heterocycles. The molecule has 1 rings (SSSR count). The van der Waals surface area contributed by atoms with Crippen LogP contribution in [-0.2, 0) is 9.53 Å². The maximum Gasteiger partial charge on any atom is 0.459 e. The van der Waals surface area contributed by atoms with Gasteiger partial charge in [0.15, 0.2) is 0 Å². The highest BCUT2D eigenvalue weighted by Crippen LogP contribution is 2.50. The molecule has 0 aromatic heterocycles. The minimum Gasteiger partial charge on any atom is -0.467 e. The van der Waals surface area contributed by atoms with Crippen LogP contribution in [0.2, 0.25) is 0 Å². The fourth-order valence-electron chi connectivity index (χ4n) is 2.01. The average molecular weight is 389 g/mol. The molecule has 0 bridgehead atoms. The molecule has 0 saturated heterocycles. The number of hydrogen-bond acceptors (Lipinski definition) is 3. The molecule has 0 radical (unpaired) electrons. The molecule has 0 fully saturated rings. The van der Waals surface area contributed by atoms with Crippen LogP contribution in [0, 0.1) is 5.92 Å². The molecule has 0 spiro atoms. The van der Waals surface area contributed by atoms with Gasteiger partial charge in [-0.2, -0.15) is 30.7 Å². The van der Waals surface area contributed by atoms with E-state index in [1.54, 1.807) is 5.32 Å². The van der Waals surface area contributed by atoms with Crippen LogP contribution in [0.15, 0.2) is 30.3 Å². The lowest BCUT2D eigenvalue weighted by molar-refractivity contribution is -0.365. The van der Waals surface area contributed by atoms with Crippen LogP contribution in [-0.4, -0.2) is 43.0 Å². The maximum absolute atomic E-state index is 13.9. The van der Waals surface area contributed by atoms with E-state index in [-0.39, 0.29) is 12.5 Å². The third-order valence-corrected chi connectivity index (χ3v) is 3.62. The summed E-state index contributed by atoms with van der Waals surface area (Å²) in [6.45, 7) is 0.284. The summed E-state index contributed by atoms with van der Waals surface area (Å²) in [7, 11) is 0.705. The number of rotatable bonds is 6. The number of esters is 1. The zero-order chi connectivity index (χ0) is 20.3. The molecule has 1 N–H and O–H groups in total. The number of halogens is 7. The third kappa shape index (κ3) is 4.07. The fraction of sp³-hybridized carbons (Fsp3) is 0.467. The van der Waals surface area contributed by atoms with Gasteiger partial charge < -0.3 is 10.1 Å². The van der Waals surface area contributed by atoms with E-state index in [9.17, 15) is 40.3 Å². The van der Waals surface area contributed by atoms with Crippen molar-refractivity contribution in [2.45, 2.75) is 31.0 Å². The van der Waals surface area contributed by atoms with Gasteiger partial charge in [-0.3, -0.25) is 4.79 Å². The van der Waals surface area contributed by atoms with E-state index in [0.717, 1.165) is 0 Å². The Balaban J connectivity index is 3.20. The molecule has 0 saturated carbocycles. The van der Waals surface area contributed by atoms with Crippen molar-refractivity contribution in [1.82, 2.24) is 5.32 Å². The second-order valence-electron chi connectivity index (χ2n) is 5.32. The summed E-state index contributed by atoms with van der Waals surface area (Å²) in [5.41, 5.74) is -0.125. The average Bonchev–Trinajstić information content (AvgIpc) is 2.57. The highest BCUT2D eigenvalue weighted by Gasteiger charge is 2.75. The van der Waals surface area contributed by atoms with Gasteiger partial charge in [-0.25, -0.2) is 4.79 Å². The number of alkyl halides is 7. The molecule has 146 valence electrons. The summed E-state index contributed by atoms with van der Waals surface area (Å²) in [5.74, 6) is -17.8. The molecule has 0 aliphatic carbocycles. The van der Waals surface area contributed by atoms with Crippen LogP contribution >= 0.6 is 0 Å². The Morgan fingerprint density at radius 2 is 1.50 bits per heavy atom. The molecule has 2 atom stereocenters. The standard InChI is InChI=1S/C15H14F7NO3/c1-8(13(16,17)14(18,19)15(20,21)22)10(12(25)26-2)23-11(24)9-6-4-3-5-7-9/h3-8,10H,1-2H3,(H,23,24). The maximum atomic E-state index is 13.9. The van der Waals surface area contributed by atoms with Crippen molar-refractivity contribution >= 4 is 11.9 Å². The number of hydrogen-bond donors (Lipinski definition) is 1. The highest BCUT2D eigenvalue weighted by atomic mass is 19.4. The van der Waals surface area contributed by atoms with Crippen LogP contribution in [0.25, 0.3) is 0 Å². The van der Waals surface area contributed by atoms with E-state index in [0.29, 0.717) is 7.11 Å². The van der Waals surface area contributed by atoms with Crippen LogP contribution in [0.3, 0.4) is 0 Å². The summed E-state index contributed by atoms with van der Waals surface area (Å²) in [6, 6.07) is 4.27. The fourth-order valence-corrected chi connectivity index (χ4v) is 2.01. The molecule has 26 heavy (non-hydrogen) atoms. The Morgan fingerprint density at radius 3 is 1.92 bits per heavy atom. The van der Waals surface area contributed by atoms with Crippen molar-refractivity contribution in [1.29, 1.82) is 0 Å². The number of benzene rings is 1. The number of amides is 1. The lowest BCUT2D eigenvalue weighted by Gasteiger charge is -2.35. The Morgan fingerprint density at radius 1 is 1.00 bits per heavy atom. The lowest BCUT2D eigenvalue weighted by Crippen LogP contribution is -2.61. The number of ether oxygens (including phenoxy) is 1. The summed E-state index contributed by atoms with van der Waals surface area (Å²) in [6.07, 6.45) is -6.56. The Labute approximate surface area is 143 Å². The predicted molar refractivity (Wildman–Crippen MR) is 74.8 cm³/mol. The third-order valence-electron chi connectivity index (χ3n) is 3.62. The van der Waals surface area contributed by atoms with Crippen LogP contribution < -0.4 is 5.32 Å². The number of carbonyl (C=O) groups excluding carboxylic acids is 2. The minimum atomic E-state index is -6.56. The summed E-state index contributed by atoms with van der Waals surface area (Å²) in [4.78, 5) is 23.6. The zero-order valence-electron chi connectivity index (χ0n) is 13.4. The molecule has 11 heteroatoms. The van der Waals surface area contributed by atoms with Crippen LogP contribution in [0.4, 0.5) is 30.7 Å². The molecular formula is C15H14F7NO3. The Bertz CT molecular complexity index is 646. The topological polar surface area (TPSA) is 55.4 Å². The first-order chi connectivity index (χ1) is 11.8. The van der Waals surface area contributed by atoms with E-state index in [4.69, 9.17) is 0 Å². The van der Waals surface area contributed by atoms with Crippen molar-refractivity contribution in [3.63, 3.8) is 0 Å². The van der Waals surface area contributed by atoms with Gasteiger partial charge in [0.25, 0.3) is 5.91 Å². The minimum absolute atomic E-state index is 0.125. The SMILES string of the molecule is COC(=O)C(NC(=O)c1ccccc1)C(C)C(F)(F)C(F)(F)C(F)(F)F. The molecule has 1 aromatic rings. The summed E-state index contributed by atoms with van der Waals surface area (Å²) in [5, 5.41) is 1.72. The number of carbonyl (C=O) groups is 2. The van der Waals surface area contributed by atoms with Crippen molar-refractivity contribution in [3.8, 4) is 0 Å². The summed E-state index contributed by atoms with van der Waals surface area (Å²) < 4.78 is 95.3. The molecule has 0 aliphatic rings. The Kier molecular flexibility index (Phi) is 6.26. The molecule has 1 amide bonds. The van der Waals surface area contributed by atoms with E-state index in [1.165, 1.54) is 30.3 Å². The van der Waals surface area contributed by atoms with Gasteiger partial charge in [0.05, 0.1) is 13.0 Å². The van der Waals surface area contributed by atoms with E-state index in [2.05, 4.69) is 4.74 Å².